The van der Waals surface area contributed by atoms with Crippen LogP contribution in [0.25, 0.3) is 11.1 Å². The van der Waals surface area contributed by atoms with Gasteiger partial charge in [-0.1, -0.05) is 18.0 Å². The molecule has 2 aliphatic carbocycles. The average molecular weight is 365 g/mol. The zero-order valence-electron chi connectivity index (χ0n) is 15.7. The first kappa shape index (κ1) is 16.5. The summed E-state index contributed by atoms with van der Waals surface area (Å²) in [7, 11) is 0. The van der Waals surface area contributed by atoms with Gasteiger partial charge in [0, 0.05) is 23.4 Å². The number of pyridine rings is 1. The van der Waals surface area contributed by atoms with Gasteiger partial charge in [-0.3, -0.25) is 9.48 Å². The predicted octanol–water partition coefficient (Wildman–Crippen LogP) is 4.28. The van der Waals surface area contributed by atoms with Crippen molar-refractivity contribution in [3.8, 4) is 0 Å². The maximum Gasteiger partial charge on any atom is 0.259 e. The number of hydrogen-bond acceptors (Lipinski definition) is 5. The smallest absolute Gasteiger partial charge is 0.259 e. The van der Waals surface area contributed by atoms with E-state index >= 15 is 0 Å². The number of aromatic nitrogens is 4. The molecule has 0 unspecified atom stereocenters. The number of rotatable bonds is 4. The average Bonchev–Trinajstić information content (AvgIpc) is 3.05. The molecule has 0 saturated heterocycles. The maximum absolute atomic E-state index is 13.1. The Morgan fingerprint density at radius 1 is 1.19 bits per heavy atom. The number of hydrogen-bond donors (Lipinski definition) is 1. The quantitative estimate of drug-likeness (QED) is 0.746. The number of carbonyl (C=O) groups is 1. The van der Waals surface area contributed by atoms with Crippen molar-refractivity contribution in [3.63, 3.8) is 0 Å². The zero-order valence-corrected chi connectivity index (χ0v) is 15.7. The first-order chi connectivity index (χ1) is 13.1. The van der Waals surface area contributed by atoms with Gasteiger partial charge in [0.15, 0.2) is 5.82 Å². The Bertz CT molecular complexity index is 1020. The number of aryl methyl sites for hydroxylation is 2. The maximum atomic E-state index is 13.1. The summed E-state index contributed by atoms with van der Waals surface area (Å²) in [6.45, 7) is 3.88. The number of carbonyl (C=O) groups excluding carboxylic acids is 1. The molecule has 2 saturated carbocycles. The second-order valence-electron chi connectivity index (χ2n) is 7.83. The third-order valence-electron chi connectivity index (χ3n) is 5.71. The van der Waals surface area contributed by atoms with Gasteiger partial charge < -0.3 is 9.84 Å². The first-order valence-electron chi connectivity index (χ1n) is 9.74. The minimum absolute atomic E-state index is 0.188. The lowest BCUT2D eigenvalue weighted by Crippen LogP contribution is -2.15. The van der Waals surface area contributed by atoms with Crippen LogP contribution < -0.4 is 5.32 Å². The summed E-state index contributed by atoms with van der Waals surface area (Å²) in [6.07, 6.45) is 7.03. The zero-order chi connectivity index (χ0) is 18.5. The van der Waals surface area contributed by atoms with Crippen LogP contribution in [0.3, 0.4) is 0 Å². The van der Waals surface area contributed by atoms with E-state index in [2.05, 4.69) is 25.2 Å². The molecule has 27 heavy (non-hydrogen) atoms. The molecule has 140 valence electrons. The summed E-state index contributed by atoms with van der Waals surface area (Å²) in [5, 5.41) is 12.3. The van der Waals surface area contributed by atoms with E-state index in [1.807, 2.05) is 26.0 Å². The third-order valence-corrected chi connectivity index (χ3v) is 5.71. The Balaban J connectivity index is 1.47. The molecule has 3 heterocycles. The predicted molar refractivity (Wildman–Crippen MR) is 101 cm³/mol. The fraction of sp³-hybridized carbons (Fsp3) is 0.500. The molecule has 0 aliphatic heterocycles. The molecule has 0 aromatic carbocycles. The van der Waals surface area contributed by atoms with Crippen LogP contribution in [0.5, 0.6) is 0 Å². The lowest BCUT2D eigenvalue weighted by atomic mass is 10.1. The van der Waals surface area contributed by atoms with Crippen LogP contribution in [0.2, 0.25) is 0 Å². The molecule has 0 bridgehead atoms. The lowest BCUT2D eigenvalue weighted by molar-refractivity contribution is 0.102. The summed E-state index contributed by atoms with van der Waals surface area (Å²) in [4.78, 5) is 17.6. The van der Waals surface area contributed by atoms with Crippen LogP contribution in [-0.4, -0.2) is 25.8 Å². The highest BCUT2D eigenvalue weighted by atomic mass is 16.5. The molecule has 5 rings (SSSR count). The molecular weight excluding hydrogens is 342 g/mol. The molecule has 7 heteroatoms. The first-order valence-corrected chi connectivity index (χ1v) is 9.74. The van der Waals surface area contributed by atoms with Crippen molar-refractivity contribution in [1.29, 1.82) is 0 Å². The van der Waals surface area contributed by atoms with E-state index in [1.54, 1.807) is 0 Å². The van der Waals surface area contributed by atoms with E-state index in [9.17, 15) is 4.79 Å². The molecule has 1 N–H and O–H groups in total. The number of nitrogens with one attached hydrogen (secondary N) is 1. The van der Waals surface area contributed by atoms with Gasteiger partial charge in [0.1, 0.15) is 0 Å². The Hall–Kier alpha value is -2.70. The van der Waals surface area contributed by atoms with Crippen LogP contribution in [0.15, 0.2) is 16.7 Å². The van der Waals surface area contributed by atoms with E-state index in [4.69, 9.17) is 4.52 Å². The molecule has 0 radical (unpaired) electrons. The van der Waals surface area contributed by atoms with Crippen molar-refractivity contribution in [2.75, 3.05) is 5.32 Å². The largest absolute Gasteiger partial charge is 0.336 e. The molecule has 2 aliphatic rings. The van der Waals surface area contributed by atoms with Gasteiger partial charge in [-0.25, -0.2) is 4.98 Å². The molecule has 1 amide bonds. The lowest BCUT2D eigenvalue weighted by Gasteiger charge is -2.11. The van der Waals surface area contributed by atoms with Gasteiger partial charge in [0.25, 0.3) is 11.6 Å². The highest BCUT2D eigenvalue weighted by molar-refractivity contribution is 6.12. The minimum Gasteiger partial charge on any atom is -0.336 e. The summed E-state index contributed by atoms with van der Waals surface area (Å²) in [5.74, 6) is 0.832. The number of nitrogens with zero attached hydrogens (tertiary/aromatic N) is 4. The Morgan fingerprint density at radius 3 is 2.70 bits per heavy atom. The molecule has 3 aromatic rings. The van der Waals surface area contributed by atoms with E-state index in [0.29, 0.717) is 40.1 Å². The van der Waals surface area contributed by atoms with Gasteiger partial charge in [-0.15, -0.1) is 0 Å². The van der Waals surface area contributed by atoms with Crippen molar-refractivity contribution < 1.29 is 9.32 Å². The molecule has 7 nitrogen and oxygen atoms in total. The number of anilines is 1. The van der Waals surface area contributed by atoms with Crippen LogP contribution in [0.4, 0.5) is 5.82 Å². The second-order valence-corrected chi connectivity index (χ2v) is 7.83. The van der Waals surface area contributed by atoms with Crippen LogP contribution in [0.1, 0.15) is 77.9 Å². The molecule has 0 atom stereocenters. The van der Waals surface area contributed by atoms with Crippen LogP contribution in [0, 0.1) is 13.8 Å². The molecule has 3 aromatic heterocycles. The Kier molecular flexibility index (Phi) is 3.77. The van der Waals surface area contributed by atoms with Crippen LogP contribution >= 0.6 is 0 Å². The van der Waals surface area contributed by atoms with E-state index in [0.717, 1.165) is 37.1 Å². The van der Waals surface area contributed by atoms with Crippen molar-refractivity contribution in [2.45, 2.75) is 64.3 Å². The van der Waals surface area contributed by atoms with Crippen LogP contribution in [-0.2, 0) is 0 Å². The van der Waals surface area contributed by atoms with Crippen molar-refractivity contribution in [1.82, 2.24) is 19.9 Å². The van der Waals surface area contributed by atoms with E-state index < -0.39 is 0 Å². The normalized spacial score (nSPS) is 17.7. The van der Waals surface area contributed by atoms with Crippen molar-refractivity contribution in [3.05, 3.63) is 34.8 Å². The summed E-state index contributed by atoms with van der Waals surface area (Å²) >= 11 is 0. The fourth-order valence-electron chi connectivity index (χ4n) is 4.13. The van der Waals surface area contributed by atoms with Gasteiger partial charge in [0.05, 0.1) is 22.7 Å². The minimum atomic E-state index is -0.188. The Morgan fingerprint density at radius 2 is 1.96 bits per heavy atom. The van der Waals surface area contributed by atoms with Crippen molar-refractivity contribution >= 4 is 22.8 Å². The number of fused-ring (bicyclic) bond motifs is 1. The fourth-order valence-corrected chi connectivity index (χ4v) is 4.13. The van der Waals surface area contributed by atoms with Crippen molar-refractivity contribution in [2.24, 2.45) is 0 Å². The van der Waals surface area contributed by atoms with E-state index in [1.165, 1.54) is 12.8 Å². The standard InChI is InChI=1S/C20H23N5O2/c1-11-9-17(23-25(11)14-5-3-4-6-14)22-19(26)15-10-16(13-7-8-13)21-20-18(15)12(2)24-27-20/h9-10,13-14H,3-8H2,1-2H3,(H,22,23,26). The van der Waals surface area contributed by atoms with Gasteiger partial charge >= 0.3 is 0 Å². The monoisotopic (exact) mass is 365 g/mol. The molecule has 2 fully saturated rings. The Labute approximate surface area is 157 Å². The summed E-state index contributed by atoms with van der Waals surface area (Å²) in [5.41, 5.74) is 3.68. The highest BCUT2D eigenvalue weighted by Crippen LogP contribution is 2.40. The van der Waals surface area contributed by atoms with Gasteiger partial charge in [0.2, 0.25) is 0 Å². The highest BCUT2D eigenvalue weighted by Gasteiger charge is 2.29. The molecule has 0 spiro atoms. The molecular formula is C20H23N5O2. The van der Waals surface area contributed by atoms with Gasteiger partial charge in [-0.2, -0.15) is 5.10 Å². The summed E-state index contributed by atoms with van der Waals surface area (Å²) in [6, 6.07) is 4.28. The topological polar surface area (TPSA) is 85.8 Å². The van der Waals surface area contributed by atoms with E-state index in [-0.39, 0.29) is 5.91 Å². The SMILES string of the molecule is Cc1noc2nc(C3CC3)cc(C(=O)Nc3cc(C)n(C4CCCC4)n3)c12. The number of amides is 1. The second kappa shape index (κ2) is 6.18. The third kappa shape index (κ3) is 2.91. The van der Waals surface area contributed by atoms with Gasteiger partial charge in [-0.05, 0) is 45.6 Å². The summed E-state index contributed by atoms with van der Waals surface area (Å²) < 4.78 is 7.40.